The molecule has 0 unspecified atom stereocenters. The molecule has 0 radical (unpaired) electrons. The zero-order valence-corrected chi connectivity index (χ0v) is 17.6. The molecule has 0 atom stereocenters. The third kappa shape index (κ3) is 5.26. The topological polar surface area (TPSA) is 67.2 Å². The Bertz CT molecular complexity index is 996. The number of hydrogen-bond acceptors (Lipinski definition) is 4. The summed E-state index contributed by atoms with van der Waals surface area (Å²) in [7, 11) is 3.44. The lowest BCUT2D eigenvalue weighted by atomic mass is 10.1. The fraction of sp³-hybridized carbons (Fsp3) is 0.227. The molecule has 3 rings (SSSR count). The van der Waals surface area contributed by atoms with E-state index in [2.05, 4.69) is 10.3 Å². The van der Waals surface area contributed by atoms with Crippen molar-refractivity contribution in [3.63, 3.8) is 0 Å². The Balaban J connectivity index is 1.53. The van der Waals surface area contributed by atoms with Crippen molar-refractivity contribution in [3.8, 4) is 5.69 Å². The van der Waals surface area contributed by atoms with Crippen LogP contribution < -0.4 is 5.32 Å². The van der Waals surface area contributed by atoms with E-state index in [4.69, 9.17) is 0 Å². The van der Waals surface area contributed by atoms with Gasteiger partial charge in [0.1, 0.15) is 0 Å². The maximum Gasteiger partial charge on any atom is 0.253 e. The highest BCUT2D eigenvalue weighted by Gasteiger charge is 2.11. The number of imidazole rings is 1. The summed E-state index contributed by atoms with van der Waals surface area (Å²) in [6.45, 7) is 2.47. The molecule has 6 nitrogen and oxygen atoms in total. The standard InChI is InChI=1S/C22H24N4O2S/c1-16-6-4-5-7-19(16)26-13-12-23-22(26)29-15-20(27)24-14-17-8-10-18(11-9-17)21(28)25(2)3/h4-13H,14-15H2,1-3H3,(H,24,27). The number of hydrogen-bond donors (Lipinski definition) is 1. The van der Waals surface area contributed by atoms with Crippen LogP contribution in [0.4, 0.5) is 0 Å². The summed E-state index contributed by atoms with van der Waals surface area (Å²) in [5.41, 5.74) is 3.78. The third-order valence-corrected chi connectivity index (χ3v) is 5.38. The molecule has 1 heterocycles. The SMILES string of the molecule is Cc1ccccc1-n1ccnc1SCC(=O)NCc1ccc(C(=O)N(C)C)cc1. The minimum absolute atomic E-state index is 0.0406. The number of benzene rings is 2. The lowest BCUT2D eigenvalue weighted by molar-refractivity contribution is -0.118. The zero-order valence-electron chi connectivity index (χ0n) is 16.8. The molecular formula is C22H24N4O2S. The minimum Gasteiger partial charge on any atom is -0.351 e. The summed E-state index contributed by atoms with van der Waals surface area (Å²) in [5, 5.41) is 3.69. The molecular weight excluding hydrogens is 384 g/mol. The Morgan fingerprint density at radius 3 is 2.52 bits per heavy atom. The molecule has 0 saturated carbocycles. The highest BCUT2D eigenvalue weighted by atomic mass is 32.2. The first-order valence-electron chi connectivity index (χ1n) is 9.25. The number of thioether (sulfide) groups is 1. The number of carbonyl (C=O) groups is 2. The number of aryl methyl sites for hydroxylation is 1. The maximum atomic E-state index is 12.3. The number of aromatic nitrogens is 2. The van der Waals surface area contributed by atoms with Gasteiger partial charge in [-0.2, -0.15) is 0 Å². The second-order valence-corrected chi connectivity index (χ2v) is 7.77. The van der Waals surface area contributed by atoms with E-state index in [1.807, 2.05) is 54.1 Å². The summed E-state index contributed by atoms with van der Waals surface area (Å²) in [4.78, 5) is 30.1. The van der Waals surface area contributed by atoms with Gasteiger partial charge in [-0.25, -0.2) is 4.98 Å². The molecule has 0 fully saturated rings. The molecule has 7 heteroatoms. The van der Waals surface area contributed by atoms with Crippen LogP contribution in [-0.4, -0.2) is 46.1 Å². The van der Waals surface area contributed by atoms with E-state index in [1.165, 1.54) is 16.7 Å². The predicted octanol–water partition coefficient (Wildman–Crippen LogP) is 3.29. The molecule has 2 aromatic carbocycles. The second kappa shape index (κ2) is 9.43. The maximum absolute atomic E-state index is 12.3. The molecule has 0 saturated heterocycles. The van der Waals surface area contributed by atoms with Crippen LogP contribution in [-0.2, 0) is 11.3 Å². The van der Waals surface area contributed by atoms with Crippen LogP contribution >= 0.6 is 11.8 Å². The fourth-order valence-electron chi connectivity index (χ4n) is 2.82. The highest BCUT2D eigenvalue weighted by Crippen LogP contribution is 2.22. The van der Waals surface area contributed by atoms with E-state index in [-0.39, 0.29) is 17.6 Å². The van der Waals surface area contributed by atoms with Gasteiger partial charge in [-0.1, -0.05) is 42.1 Å². The summed E-state index contributed by atoms with van der Waals surface area (Å²) >= 11 is 1.40. The average molecular weight is 409 g/mol. The monoisotopic (exact) mass is 408 g/mol. The fourth-order valence-corrected chi connectivity index (χ4v) is 3.61. The molecule has 0 aliphatic rings. The number of para-hydroxylation sites is 1. The van der Waals surface area contributed by atoms with E-state index >= 15 is 0 Å². The van der Waals surface area contributed by atoms with E-state index in [9.17, 15) is 9.59 Å². The van der Waals surface area contributed by atoms with Gasteiger partial charge in [0.15, 0.2) is 5.16 Å². The Hall–Kier alpha value is -3.06. The largest absolute Gasteiger partial charge is 0.351 e. The van der Waals surface area contributed by atoms with E-state index in [1.54, 1.807) is 32.4 Å². The van der Waals surface area contributed by atoms with Gasteiger partial charge in [-0.3, -0.25) is 14.2 Å². The minimum atomic E-state index is -0.0669. The van der Waals surface area contributed by atoms with Crippen LogP contribution in [0.2, 0.25) is 0 Å². The van der Waals surface area contributed by atoms with Gasteiger partial charge in [0.25, 0.3) is 5.91 Å². The van der Waals surface area contributed by atoms with Gasteiger partial charge in [-0.15, -0.1) is 0 Å². The molecule has 1 N–H and O–H groups in total. The van der Waals surface area contributed by atoms with Gasteiger partial charge in [0.2, 0.25) is 5.91 Å². The highest BCUT2D eigenvalue weighted by molar-refractivity contribution is 7.99. The van der Waals surface area contributed by atoms with Crippen molar-refractivity contribution in [1.29, 1.82) is 0 Å². The van der Waals surface area contributed by atoms with Crippen molar-refractivity contribution in [2.24, 2.45) is 0 Å². The van der Waals surface area contributed by atoms with Crippen LogP contribution in [0.25, 0.3) is 5.69 Å². The normalized spacial score (nSPS) is 10.6. The number of nitrogens with one attached hydrogen (secondary N) is 1. The molecule has 1 aromatic heterocycles. The second-order valence-electron chi connectivity index (χ2n) is 6.83. The van der Waals surface area contributed by atoms with Crippen molar-refractivity contribution in [1.82, 2.24) is 19.8 Å². The number of nitrogens with zero attached hydrogens (tertiary/aromatic N) is 3. The van der Waals surface area contributed by atoms with Crippen molar-refractivity contribution < 1.29 is 9.59 Å². The van der Waals surface area contributed by atoms with Gasteiger partial charge in [-0.05, 0) is 36.2 Å². The van der Waals surface area contributed by atoms with Crippen LogP contribution in [0.1, 0.15) is 21.5 Å². The molecule has 0 bridgehead atoms. The first kappa shape index (κ1) is 20.7. The Kier molecular flexibility index (Phi) is 6.72. The van der Waals surface area contributed by atoms with Crippen molar-refractivity contribution >= 4 is 23.6 Å². The van der Waals surface area contributed by atoms with Crippen LogP contribution in [0, 0.1) is 6.92 Å². The summed E-state index contributed by atoms with van der Waals surface area (Å²) in [5.74, 6) is 0.170. The molecule has 150 valence electrons. The van der Waals surface area contributed by atoms with E-state index < -0.39 is 0 Å². The first-order chi connectivity index (χ1) is 14.0. The Labute approximate surface area is 174 Å². The molecule has 3 aromatic rings. The van der Waals surface area contributed by atoms with Crippen molar-refractivity contribution in [2.45, 2.75) is 18.6 Å². The molecule has 0 spiro atoms. The van der Waals surface area contributed by atoms with E-state index in [0.717, 1.165) is 22.0 Å². The smallest absolute Gasteiger partial charge is 0.253 e. The quantitative estimate of drug-likeness (QED) is 0.609. The zero-order chi connectivity index (χ0) is 20.8. The summed E-state index contributed by atoms with van der Waals surface area (Å²) < 4.78 is 1.99. The molecule has 2 amide bonds. The Morgan fingerprint density at radius 1 is 1.10 bits per heavy atom. The van der Waals surface area contributed by atoms with Crippen molar-refractivity contribution in [2.75, 3.05) is 19.8 Å². The van der Waals surface area contributed by atoms with Gasteiger partial charge >= 0.3 is 0 Å². The van der Waals surface area contributed by atoms with Crippen molar-refractivity contribution in [3.05, 3.63) is 77.6 Å². The molecule has 0 aliphatic carbocycles. The lowest BCUT2D eigenvalue weighted by Crippen LogP contribution is -2.25. The first-order valence-corrected chi connectivity index (χ1v) is 10.2. The summed E-state index contributed by atoms with van der Waals surface area (Å²) in [6, 6.07) is 15.3. The van der Waals surface area contributed by atoms with Gasteiger partial charge in [0, 0.05) is 38.6 Å². The van der Waals surface area contributed by atoms with Crippen LogP contribution in [0.5, 0.6) is 0 Å². The molecule has 0 aliphatic heterocycles. The number of amides is 2. The van der Waals surface area contributed by atoms with Gasteiger partial charge in [0.05, 0.1) is 11.4 Å². The number of carbonyl (C=O) groups excluding carboxylic acids is 2. The van der Waals surface area contributed by atoms with E-state index in [0.29, 0.717) is 12.1 Å². The lowest BCUT2D eigenvalue weighted by Gasteiger charge is -2.11. The van der Waals surface area contributed by atoms with Gasteiger partial charge < -0.3 is 10.2 Å². The van der Waals surface area contributed by atoms with Crippen LogP contribution in [0.3, 0.4) is 0 Å². The number of rotatable bonds is 7. The van der Waals surface area contributed by atoms with Crippen LogP contribution in [0.15, 0.2) is 66.1 Å². The molecule has 29 heavy (non-hydrogen) atoms. The predicted molar refractivity (Wildman–Crippen MR) is 115 cm³/mol. The third-order valence-electron chi connectivity index (χ3n) is 4.41. The summed E-state index contributed by atoms with van der Waals surface area (Å²) in [6.07, 6.45) is 3.64. The Morgan fingerprint density at radius 2 is 1.83 bits per heavy atom. The average Bonchev–Trinajstić information content (AvgIpc) is 3.19.